The van der Waals surface area contributed by atoms with Crippen LogP contribution in [0.25, 0.3) is 0 Å². The molecular formula is C10H10N4O2S. The van der Waals surface area contributed by atoms with Crippen LogP contribution in [0.2, 0.25) is 0 Å². The van der Waals surface area contributed by atoms with Crippen LogP contribution >= 0.6 is 11.3 Å². The highest BCUT2D eigenvalue weighted by Gasteiger charge is 2.10. The second-order valence-electron chi connectivity index (χ2n) is 3.15. The number of anilines is 2. The lowest BCUT2D eigenvalue weighted by Gasteiger charge is -2.06. The summed E-state index contributed by atoms with van der Waals surface area (Å²) in [6.07, 6.45) is 0. The Kier molecular flexibility index (Phi) is 3.20. The first-order chi connectivity index (χ1) is 8.20. The number of methoxy groups -OCH3 is 1. The topological polar surface area (TPSA) is 90.1 Å². The number of nitrogens with zero attached hydrogens (tertiary/aromatic N) is 2. The molecule has 0 fully saturated rings. The van der Waals surface area contributed by atoms with Crippen molar-refractivity contribution in [3.8, 4) is 5.75 Å². The van der Waals surface area contributed by atoms with E-state index in [9.17, 15) is 4.79 Å². The molecule has 6 nitrogen and oxygen atoms in total. The number of nitrogens with one attached hydrogen (secondary N) is 1. The molecule has 1 heterocycles. The summed E-state index contributed by atoms with van der Waals surface area (Å²) in [7, 11) is 1.50. The van der Waals surface area contributed by atoms with Gasteiger partial charge >= 0.3 is 0 Å². The molecule has 0 aliphatic heterocycles. The molecule has 0 aliphatic rings. The van der Waals surface area contributed by atoms with Gasteiger partial charge < -0.3 is 10.5 Å². The third-order valence-electron chi connectivity index (χ3n) is 2.08. The fourth-order valence-electron chi connectivity index (χ4n) is 1.25. The Morgan fingerprint density at radius 1 is 1.53 bits per heavy atom. The number of hydrogen-bond donors (Lipinski definition) is 2. The molecule has 1 aromatic carbocycles. The maximum Gasteiger partial charge on any atom is 0.257 e. The first-order valence-electron chi connectivity index (χ1n) is 4.71. The van der Waals surface area contributed by atoms with Crippen molar-refractivity contribution in [3.63, 3.8) is 0 Å². The van der Waals surface area contributed by atoms with Gasteiger partial charge in [-0.15, -0.1) is 10.2 Å². The molecule has 17 heavy (non-hydrogen) atoms. The maximum absolute atomic E-state index is 11.8. The van der Waals surface area contributed by atoms with Gasteiger partial charge in [0.05, 0.1) is 12.8 Å². The van der Waals surface area contributed by atoms with Crippen molar-refractivity contribution in [1.82, 2.24) is 10.2 Å². The highest BCUT2D eigenvalue weighted by molar-refractivity contribution is 7.13. The van der Waals surface area contributed by atoms with Crippen LogP contribution in [0, 0.1) is 0 Å². The van der Waals surface area contributed by atoms with E-state index in [4.69, 9.17) is 10.5 Å². The number of nitrogens with two attached hydrogens (primary N) is 1. The fourth-order valence-corrected chi connectivity index (χ4v) is 1.69. The molecule has 7 heteroatoms. The van der Waals surface area contributed by atoms with Gasteiger partial charge in [0.2, 0.25) is 5.13 Å². The quantitative estimate of drug-likeness (QED) is 0.803. The summed E-state index contributed by atoms with van der Waals surface area (Å²) in [5.41, 5.74) is 8.14. The zero-order chi connectivity index (χ0) is 12.3. The second-order valence-corrected chi connectivity index (χ2v) is 3.99. The predicted molar refractivity (Wildman–Crippen MR) is 65.3 cm³/mol. The standard InChI is InChI=1S/C10H10N4O2S/c1-16-8-4-6(2-3-7(8)11)9(15)13-10-14-12-5-17-10/h2-5H,11H2,1H3,(H,13,14,15). The minimum atomic E-state index is -0.278. The number of carbonyl (C=O) groups is 1. The predicted octanol–water partition coefficient (Wildman–Crippen LogP) is 1.38. The molecule has 0 saturated heterocycles. The molecule has 88 valence electrons. The summed E-state index contributed by atoms with van der Waals surface area (Å²) in [6, 6.07) is 4.81. The molecule has 0 aliphatic carbocycles. The molecule has 0 radical (unpaired) electrons. The molecule has 2 rings (SSSR count). The lowest BCUT2D eigenvalue weighted by atomic mass is 10.2. The highest BCUT2D eigenvalue weighted by atomic mass is 32.1. The first kappa shape index (κ1) is 11.3. The summed E-state index contributed by atoms with van der Waals surface area (Å²) in [4.78, 5) is 11.8. The van der Waals surface area contributed by atoms with E-state index in [1.807, 2.05) is 0 Å². The molecule has 2 aromatic rings. The van der Waals surface area contributed by atoms with Crippen molar-refractivity contribution in [2.24, 2.45) is 0 Å². The van der Waals surface area contributed by atoms with Crippen LogP contribution in [-0.4, -0.2) is 23.2 Å². The second kappa shape index (κ2) is 4.79. The van der Waals surface area contributed by atoms with Gasteiger partial charge in [-0.25, -0.2) is 0 Å². The fraction of sp³-hybridized carbons (Fsp3) is 0.100. The van der Waals surface area contributed by atoms with Gasteiger partial charge in [0, 0.05) is 5.56 Å². The SMILES string of the molecule is COc1cc(C(=O)Nc2nncs2)ccc1N. The third kappa shape index (κ3) is 2.51. The van der Waals surface area contributed by atoms with E-state index in [1.165, 1.54) is 18.4 Å². The molecular weight excluding hydrogens is 240 g/mol. The number of carbonyl (C=O) groups excluding carboxylic acids is 1. The number of benzene rings is 1. The van der Waals surface area contributed by atoms with E-state index in [0.29, 0.717) is 22.1 Å². The first-order valence-corrected chi connectivity index (χ1v) is 5.59. The number of nitrogen functional groups attached to an aromatic ring is 1. The van der Waals surface area contributed by atoms with Gasteiger partial charge in [-0.2, -0.15) is 0 Å². The van der Waals surface area contributed by atoms with Gasteiger partial charge in [0.1, 0.15) is 11.3 Å². The van der Waals surface area contributed by atoms with Crippen molar-refractivity contribution in [2.45, 2.75) is 0 Å². The number of aromatic nitrogens is 2. The Hall–Kier alpha value is -2.15. The number of amides is 1. The zero-order valence-corrected chi connectivity index (χ0v) is 9.82. The van der Waals surface area contributed by atoms with Crippen LogP contribution in [0.3, 0.4) is 0 Å². The van der Waals surface area contributed by atoms with Crippen molar-refractivity contribution in [1.29, 1.82) is 0 Å². The average molecular weight is 250 g/mol. The Balaban J connectivity index is 2.19. The maximum atomic E-state index is 11.8. The molecule has 0 unspecified atom stereocenters. The van der Waals surface area contributed by atoms with Crippen LogP contribution in [0.15, 0.2) is 23.7 Å². The van der Waals surface area contributed by atoms with E-state index in [1.54, 1.807) is 23.7 Å². The van der Waals surface area contributed by atoms with Crippen LogP contribution in [0.5, 0.6) is 5.75 Å². The Morgan fingerprint density at radius 3 is 3.00 bits per heavy atom. The van der Waals surface area contributed by atoms with E-state index in [2.05, 4.69) is 15.5 Å². The van der Waals surface area contributed by atoms with Gasteiger partial charge in [0.15, 0.2) is 0 Å². The molecule has 3 N–H and O–H groups in total. The lowest BCUT2D eigenvalue weighted by Crippen LogP contribution is -2.12. The summed E-state index contributed by atoms with van der Waals surface area (Å²) >= 11 is 1.25. The number of hydrogen-bond acceptors (Lipinski definition) is 6. The van der Waals surface area contributed by atoms with Crippen molar-refractivity contribution < 1.29 is 9.53 Å². The highest BCUT2D eigenvalue weighted by Crippen LogP contribution is 2.22. The minimum absolute atomic E-state index is 0.278. The van der Waals surface area contributed by atoms with Gasteiger partial charge in [-0.1, -0.05) is 11.3 Å². The van der Waals surface area contributed by atoms with Crippen LogP contribution < -0.4 is 15.8 Å². The molecule has 0 spiro atoms. The smallest absolute Gasteiger partial charge is 0.257 e. The van der Waals surface area contributed by atoms with Crippen molar-refractivity contribution >= 4 is 28.1 Å². The van der Waals surface area contributed by atoms with E-state index >= 15 is 0 Å². The number of rotatable bonds is 3. The Bertz CT molecular complexity index is 527. The number of ether oxygens (including phenoxy) is 1. The molecule has 0 saturated carbocycles. The van der Waals surface area contributed by atoms with Crippen molar-refractivity contribution in [2.75, 3.05) is 18.2 Å². The monoisotopic (exact) mass is 250 g/mol. The third-order valence-corrected chi connectivity index (χ3v) is 2.68. The van der Waals surface area contributed by atoms with E-state index < -0.39 is 0 Å². The summed E-state index contributed by atoms with van der Waals surface area (Å²) in [5, 5.41) is 10.4. The normalized spacial score (nSPS) is 9.94. The molecule has 0 atom stereocenters. The Labute approximate surface area is 101 Å². The molecule has 1 amide bonds. The summed E-state index contributed by atoms with van der Waals surface area (Å²) < 4.78 is 5.04. The average Bonchev–Trinajstić information content (AvgIpc) is 2.82. The van der Waals surface area contributed by atoms with Crippen LogP contribution in [0.4, 0.5) is 10.8 Å². The molecule has 0 bridgehead atoms. The summed E-state index contributed by atoms with van der Waals surface area (Å²) in [5.74, 6) is 0.190. The molecule has 1 aromatic heterocycles. The minimum Gasteiger partial charge on any atom is -0.495 e. The lowest BCUT2D eigenvalue weighted by molar-refractivity contribution is 0.102. The summed E-state index contributed by atoms with van der Waals surface area (Å²) in [6.45, 7) is 0. The van der Waals surface area contributed by atoms with Gasteiger partial charge in [-0.05, 0) is 18.2 Å². The zero-order valence-electron chi connectivity index (χ0n) is 9.01. The van der Waals surface area contributed by atoms with Gasteiger partial charge in [-0.3, -0.25) is 10.1 Å². The van der Waals surface area contributed by atoms with E-state index in [-0.39, 0.29) is 5.91 Å². The Morgan fingerprint density at radius 2 is 2.35 bits per heavy atom. The van der Waals surface area contributed by atoms with Gasteiger partial charge in [0.25, 0.3) is 5.91 Å². The van der Waals surface area contributed by atoms with Crippen molar-refractivity contribution in [3.05, 3.63) is 29.3 Å². The van der Waals surface area contributed by atoms with Crippen LogP contribution in [0.1, 0.15) is 10.4 Å². The van der Waals surface area contributed by atoms with Crippen LogP contribution in [-0.2, 0) is 0 Å². The van der Waals surface area contributed by atoms with E-state index in [0.717, 1.165) is 0 Å². The largest absolute Gasteiger partial charge is 0.495 e.